The molecule has 340 valence electrons. The van der Waals surface area contributed by atoms with E-state index in [9.17, 15) is 0 Å². The molecule has 0 aliphatic heterocycles. The predicted octanol–water partition coefficient (Wildman–Crippen LogP) is 18.4. The molecule has 0 radical (unpaired) electrons. The fourth-order valence-electron chi connectivity index (χ4n) is 13.4. The molecule has 3 aliphatic rings. The van der Waals surface area contributed by atoms with Crippen LogP contribution in [0.1, 0.15) is 44.5 Å². The van der Waals surface area contributed by atoms with Gasteiger partial charge in [0.15, 0.2) is 0 Å². The second-order valence-corrected chi connectivity index (χ2v) is 19.9. The van der Waals surface area contributed by atoms with Crippen molar-refractivity contribution in [3.63, 3.8) is 0 Å². The Hall–Kier alpha value is -9.30. The van der Waals surface area contributed by atoms with Crippen LogP contribution in [0.4, 0.5) is 17.1 Å². The zero-order valence-electron chi connectivity index (χ0n) is 40.1. The molecule has 0 amide bonds. The molecule has 0 bridgehead atoms. The van der Waals surface area contributed by atoms with E-state index in [1.807, 2.05) is 0 Å². The molecular formula is C72H47N. The topological polar surface area (TPSA) is 3.24 Å². The minimum atomic E-state index is -0.537. The zero-order chi connectivity index (χ0) is 48.1. The Balaban J connectivity index is 0.923. The largest absolute Gasteiger partial charge is 0.310 e. The molecule has 1 spiro atoms. The summed E-state index contributed by atoms with van der Waals surface area (Å²) in [6, 6.07) is 106. The third kappa shape index (κ3) is 5.91. The van der Waals surface area contributed by atoms with Crippen LogP contribution >= 0.6 is 0 Å². The summed E-state index contributed by atoms with van der Waals surface area (Å²) in [5.74, 6) is 0. The summed E-state index contributed by atoms with van der Waals surface area (Å²) < 4.78 is 0. The quantitative estimate of drug-likeness (QED) is 0.154. The molecule has 0 N–H and O–H groups in total. The highest BCUT2D eigenvalue weighted by Gasteiger charge is 2.52. The number of benzene rings is 12. The van der Waals surface area contributed by atoms with Crippen LogP contribution in [0.2, 0.25) is 0 Å². The maximum Gasteiger partial charge on any atom is 0.0725 e. The average Bonchev–Trinajstić information content (AvgIpc) is 4.06. The van der Waals surface area contributed by atoms with Gasteiger partial charge in [0.1, 0.15) is 0 Å². The SMILES string of the molecule is c1ccc(C2(c3ccccc3)c3ccccc3-c3ccc(N(c4ccc(-c5ccc(-c6cccc7ccccc67)cc5)cc4)c4ccc5c(c4)-c4ccccc4C54c5ccccc5-c5ccccc54)cc32)cc1. The average molecular weight is 926 g/mol. The Labute approximate surface area is 426 Å². The standard InChI is InChI=1S/C72H47N/c1-3-20-52(21-4-1)71(53-22-5-2-6-23-53)65-30-13-9-27-61(65)63-44-42-56(47-70(63)71)73(54-40-38-49(39-41-54)48-34-36-51(37-35-48)58-29-17-19-50-18-7-8-24-57(50)58)55-43-45-69-64(46-55)62-28-12-16-33-68(62)72(69)66-31-14-10-25-59(66)60-26-11-15-32-67(60)72/h1-47H. The van der Waals surface area contributed by atoms with Crippen LogP contribution < -0.4 is 4.90 Å². The number of rotatable bonds is 7. The third-order valence-corrected chi connectivity index (χ3v) is 16.4. The van der Waals surface area contributed by atoms with Crippen molar-refractivity contribution in [1.29, 1.82) is 0 Å². The molecule has 1 nitrogen and oxygen atoms in total. The smallest absolute Gasteiger partial charge is 0.0725 e. The number of hydrogen-bond donors (Lipinski definition) is 0. The minimum absolute atomic E-state index is 0.419. The first-order valence-electron chi connectivity index (χ1n) is 25.5. The van der Waals surface area contributed by atoms with Gasteiger partial charge in [-0.25, -0.2) is 0 Å². The second kappa shape index (κ2) is 16.1. The molecule has 15 rings (SSSR count). The van der Waals surface area contributed by atoms with Gasteiger partial charge in [0, 0.05) is 17.1 Å². The highest BCUT2D eigenvalue weighted by molar-refractivity contribution is 5.99. The van der Waals surface area contributed by atoms with E-state index in [4.69, 9.17) is 0 Å². The van der Waals surface area contributed by atoms with Crippen molar-refractivity contribution in [3.8, 4) is 55.6 Å². The van der Waals surface area contributed by atoms with Gasteiger partial charge < -0.3 is 4.90 Å². The van der Waals surface area contributed by atoms with Gasteiger partial charge in [0.25, 0.3) is 0 Å². The fourth-order valence-corrected chi connectivity index (χ4v) is 13.4. The van der Waals surface area contributed by atoms with Gasteiger partial charge in [-0.15, -0.1) is 0 Å². The molecule has 0 saturated carbocycles. The molecule has 1 heteroatoms. The summed E-state index contributed by atoms with van der Waals surface area (Å²) in [5.41, 5.74) is 25.3. The van der Waals surface area contributed by atoms with Crippen LogP contribution in [-0.4, -0.2) is 0 Å². The van der Waals surface area contributed by atoms with Crippen molar-refractivity contribution in [2.24, 2.45) is 0 Å². The van der Waals surface area contributed by atoms with Crippen LogP contribution in [0, 0.1) is 0 Å². The monoisotopic (exact) mass is 925 g/mol. The maximum atomic E-state index is 2.49. The molecule has 0 saturated heterocycles. The van der Waals surface area contributed by atoms with E-state index in [2.05, 4.69) is 290 Å². The maximum absolute atomic E-state index is 2.49. The van der Waals surface area contributed by atoms with Crippen molar-refractivity contribution in [1.82, 2.24) is 0 Å². The van der Waals surface area contributed by atoms with Crippen LogP contribution in [0.15, 0.2) is 285 Å². The Morgan fingerprint density at radius 3 is 1.22 bits per heavy atom. The molecule has 0 heterocycles. The lowest BCUT2D eigenvalue weighted by atomic mass is 9.67. The number of anilines is 3. The van der Waals surface area contributed by atoms with Crippen molar-refractivity contribution in [2.75, 3.05) is 4.90 Å². The van der Waals surface area contributed by atoms with Crippen molar-refractivity contribution < 1.29 is 0 Å². The molecular weight excluding hydrogens is 879 g/mol. The number of hydrogen-bond acceptors (Lipinski definition) is 1. The van der Waals surface area contributed by atoms with Crippen molar-refractivity contribution >= 4 is 27.8 Å². The zero-order valence-corrected chi connectivity index (χ0v) is 40.1. The van der Waals surface area contributed by atoms with Crippen molar-refractivity contribution in [3.05, 3.63) is 330 Å². The van der Waals surface area contributed by atoms with Crippen LogP contribution in [0.5, 0.6) is 0 Å². The Morgan fingerprint density at radius 2 is 0.616 bits per heavy atom. The summed E-state index contributed by atoms with van der Waals surface area (Å²) in [4.78, 5) is 2.49. The second-order valence-electron chi connectivity index (χ2n) is 19.9. The Kier molecular flexibility index (Phi) is 9.16. The highest BCUT2D eigenvalue weighted by Crippen LogP contribution is 2.64. The third-order valence-electron chi connectivity index (χ3n) is 16.4. The van der Waals surface area contributed by atoms with E-state index in [1.165, 1.54) is 111 Å². The van der Waals surface area contributed by atoms with E-state index in [1.54, 1.807) is 0 Å². The van der Waals surface area contributed by atoms with Gasteiger partial charge in [-0.2, -0.15) is 0 Å². The molecule has 0 atom stereocenters. The summed E-state index contributed by atoms with van der Waals surface area (Å²) >= 11 is 0. The fraction of sp³-hybridized carbons (Fsp3) is 0.0278. The first kappa shape index (κ1) is 41.5. The van der Waals surface area contributed by atoms with E-state index < -0.39 is 10.8 Å². The van der Waals surface area contributed by atoms with Gasteiger partial charge in [0.05, 0.1) is 10.8 Å². The summed E-state index contributed by atoms with van der Waals surface area (Å²) in [5, 5.41) is 2.52. The van der Waals surface area contributed by atoms with Gasteiger partial charge >= 0.3 is 0 Å². The molecule has 0 aromatic heterocycles. The van der Waals surface area contributed by atoms with Gasteiger partial charge in [0.2, 0.25) is 0 Å². The molecule has 3 aliphatic carbocycles. The lowest BCUT2D eigenvalue weighted by Gasteiger charge is -2.35. The van der Waals surface area contributed by atoms with E-state index >= 15 is 0 Å². The van der Waals surface area contributed by atoms with Gasteiger partial charge in [-0.05, 0) is 147 Å². The van der Waals surface area contributed by atoms with Crippen LogP contribution in [0.25, 0.3) is 66.4 Å². The predicted molar refractivity (Wildman–Crippen MR) is 303 cm³/mol. The molecule has 12 aromatic carbocycles. The van der Waals surface area contributed by atoms with Crippen LogP contribution in [-0.2, 0) is 10.8 Å². The van der Waals surface area contributed by atoms with Crippen LogP contribution in [0.3, 0.4) is 0 Å². The molecule has 0 fully saturated rings. The van der Waals surface area contributed by atoms with Gasteiger partial charge in [-0.3, -0.25) is 0 Å². The summed E-state index contributed by atoms with van der Waals surface area (Å²) in [6.07, 6.45) is 0. The highest BCUT2D eigenvalue weighted by atomic mass is 15.1. The molecule has 12 aromatic rings. The summed E-state index contributed by atoms with van der Waals surface area (Å²) in [6.45, 7) is 0. The van der Waals surface area contributed by atoms with Crippen molar-refractivity contribution in [2.45, 2.75) is 10.8 Å². The molecule has 73 heavy (non-hydrogen) atoms. The Bertz CT molecular complexity index is 4040. The first-order chi connectivity index (χ1) is 36.2. The number of nitrogens with zero attached hydrogens (tertiary/aromatic N) is 1. The lowest BCUT2D eigenvalue weighted by molar-refractivity contribution is 0.768. The normalized spacial score (nSPS) is 13.7. The summed E-state index contributed by atoms with van der Waals surface area (Å²) in [7, 11) is 0. The van der Waals surface area contributed by atoms with E-state index in [0.29, 0.717) is 0 Å². The minimum Gasteiger partial charge on any atom is -0.310 e. The van der Waals surface area contributed by atoms with E-state index in [0.717, 1.165) is 17.1 Å². The first-order valence-corrected chi connectivity index (χ1v) is 25.5. The number of fused-ring (bicyclic) bond motifs is 14. The van der Waals surface area contributed by atoms with E-state index in [-0.39, 0.29) is 0 Å². The van der Waals surface area contributed by atoms with Gasteiger partial charge in [-0.1, -0.05) is 249 Å². The molecule has 0 unspecified atom stereocenters. The lowest BCUT2D eigenvalue weighted by Crippen LogP contribution is -2.28. The Morgan fingerprint density at radius 1 is 0.219 bits per heavy atom.